The Bertz CT molecular complexity index is 567. The van der Waals surface area contributed by atoms with E-state index in [9.17, 15) is 4.79 Å². The van der Waals surface area contributed by atoms with Crippen molar-refractivity contribution in [3.05, 3.63) is 47.9 Å². The molecule has 2 aromatic rings. The van der Waals surface area contributed by atoms with Gasteiger partial charge in [0, 0.05) is 24.5 Å². The summed E-state index contributed by atoms with van der Waals surface area (Å²) in [5.41, 5.74) is 7.71. The number of hydrogen-bond acceptors (Lipinski definition) is 5. The molecule has 6 nitrogen and oxygen atoms in total. The monoisotopic (exact) mass is 272 g/mol. The lowest BCUT2D eigenvalue weighted by molar-refractivity contribution is -0.120. The van der Waals surface area contributed by atoms with Crippen LogP contribution in [-0.4, -0.2) is 23.0 Å². The van der Waals surface area contributed by atoms with Crippen molar-refractivity contribution in [1.82, 2.24) is 15.3 Å². The number of methoxy groups -OCH3 is 1. The van der Waals surface area contributed by atoms with E-state index in [0.29, 0.717) is 23.8 Å². The van der Waals surface area contributed by atoms with E-state index in [-0.39, 0.29) is 12.3 Å². The summed E-state index contributed by atoms with van der Waals surface area (Å²) in [5, 5.41) is 2.81. The van der Waals surface area contributed by atoms with E-state index < -0.39 is 0 Å². The van der Waals surface area contributed by atoms with E-state index in [2.05, 4.69) is 15.3 Å². The van der Waals surface area contributed by atoms with E-state index in [4.69, 9.17) is 10.5 Å². The van der Waals surface area contributed by atoms with Crippen LogP contribution in [0.5, 0.6) is 5.88 Å². The fraction of sp³-hybridized carbons (Fsp3) is 0.214. The number of pyridine rings is 2. The molecule has 0 radical (unpaired) electrons. The van der Waals surface area contributed by atoms with Crippen molar-refractivity contribution in [2.45, 2.75) is 13.0 Å². The molecule has 6 heteroatoms. The van der Waals surface area contributed by atoms with Crippen LogP contribution in [0.1, 0.15) is 11.3 Å². The predicted molar refractivity (Wildman–Crippen MR) is 75.0 cm³/mol. The van der Waals surface area contributed by atoms with Gasteiger partial charge in [0.25, 0.3) is 0 Å². The maximum atomic E-state index is 11.8. The van der Waals surface area contributed by atoms with Crippen LogP contribution in [0.4, 0.5) is 5.69 Å². The number of nitrogen functional groups attached to an aromatic ring is 1. The van der Waals surface area contributed by atoms with Gasteiger partial charge in [-0.15, -0.1) is 0 Å². The number of nitrogens with zero attached hydrogens (tertiary/aromatic N) is 2. The van der Waals surface area contributed by atoms with Gasteiger partial charge in [-0.25, -0.2) is 4.98 Å². The lowest BCUT2D eigenvalue weighted by Crippen LogP contribution is -2.25. The van der Waals surface area contributed by atoms with Crippen molar-refractivity contribution in [2.75, 3.05) is 12.8 Å². The summed E-state index contributed by atoms with van der Waals surface area (Å²) in [6.07, 6.45) is 3.43. The molecule has 0 spiro atoms. The molecule has 0 atom stereocenters. The topological polar surface area (TPSA) is 90.1 Å². The number of ether oxygens (including phenoxy) is 1. The fourth-order valence-corrected chi connectivity index (χ4v) is 1.60. The molecule has 0 fully saturated rings. The predicted octanol–water partition coefficient (Wildman–Crippen LogP) is 0.926. The van der Waals surface area contributed by atoms with Crippen molar-refractivity contribution < 1.29 is 9.53 Å². The number of hydrogen-bond donors (Lipinski definition) is 2. The Hall–Kier alpha value is -2.63. The van der Waals surface area contributed by atoms with E-state index >= 15 is 0 Å². The lowest BCUT2D eigenvalue weighted by Gasteiger charge is -2.06. The Morgan fingerprint density at radius 2 is 2.10 bits per heavy atom. The van der Waals surface area contributed by atoms with Crippen molar-refractivity contribution in [3.8, 4) is 5.88 Å². The molecule has 20 heavy (non-hydrogen) atoms. The number of aromatic nitrogens is 2. The summed E-state index contributed by atoms with van der Waals surface area (Å²) >= 11 is 0. The molecule has 2 heterocycles. The zero-order valence-electron chi connectivity index (χ0n) is 11.2. The third-order valence-electron chi connectivity index (χ3n) is 2.69. The fourth-order valence-electron chi connectivity index (χ4n) is 1.60. The highest BCUT2D eigenvalue weighted by atomic mass is 16.5. The zero-order valence-corrected chi connectivity index (χ0v) is 11.2. The Balaban J connectivity index is 1.83. The third kappa shape index (κ3) is 3.94. The highest BCUT2D eigenvalue weighted by Crippen LogP contribution is 2.06. The second-order valence-electron chi connectivity index (χ2n) is 4.25. The molecule has 0 aliphatic heterocycles. The van der Waals surface area contributed by atoms with Gasteiger partial charge in [0.15, 0.2) is 0 Å². The molecular weight excluding hydrogens is 256 g/mol. The van der Waals surface area contributed by atoms with E-state index in [1.54, 1.807) is 31.5 Å². The van der Waals surface area contributed by atoms with Crippen LogP contribution < -0.4 is 15.8 Å². The van der Waals surface area contributed by atoms with Crippen LogP contribution in [-0.2, 0) is 17.8 Å². The number of carbonyl (C=O) groups excluding carboxylic acids is 1. The second-order valence-corrected chi connectivity index (χ2v) is 4.25. The molecule has 0 aliphatic carbocycles. The first-order valence-electron chi connectivity index (χ1n) is 6.13. The first kappa shape index (κ1) is 13.8. The van der Waals surface area contributed by atoms with Gasteiger partial charge in [-0.05, 0) is 17.7 Å². The average molecular weight is 272 g/mol. The molecule has 0 unspecified atom stereocenters. The molecule has 3 N–H and O–H groups in total. The molecule has 0 aliphatic rings. The van der Waals surface area contributed by atoms with Gasteiger partial charge in [-0.3, -0.25) is 9.78 Å². The highest BCUT2D eigenvalue weighted by Gasteiger charge is 2.04. The largest absolute Gasteiger partial charge is 0.481 e. The number of nitrogens with one attached hydrogen (secondary N) is 1. The van der Waals surface area contributed by atoms with Crippen molar-refractivity contribution in [2.24, 2.45) is 0 Å². The molecule has 2 aromatic heterocycles. The number of anilines is 1. The Labute approximate surface area is 117 Å². The van der Waals surface area contributed by atoms with Gasteiger partial charge < -0.3 is 15.8 Å². The van der Waals surface area contributed by atoms with Gasteiger partial charge >= 0.3 is 0 Å². The van der Waals surface area contributed by atoms with Crippen LogP contribution in [0, 0.1) is 0 Å². The minimum absolute atomic E-state index is 0.0990. The van der Waals surface area contributed by atoms with Gasteiger partial charge in [0.1, 0.15) is 0 Å². The summed E-state index contributed by atoms with van der Waals surface area (Å²) in [6.45, 7) is 0.421. The van der Waals surface area contributed by atoms with Gasteiger partial charge in [-0.1, -0.05) is 6.07 Å². The lowest BCUT2D eigenvalue weighted by atomic mass is 10.2. The Kier molecular flexibility index (Phi) is 4.49. The highest BCUT2D eigenvalue weighted by molar-refractivity contribution is 5.78. The van der Waals surface area contributed by atoms with Crippen LogP contribution in [0.3, 0.4) is 0 Å². The summed E-state index contributed by atoms with van der Waals surface area (Å²) in [4.78, 5) is 19.9. The standard InChI is InChI=1S/C14H16N4O2/c1-20-14-5-2-10(8-18-14)7-17-13(19)6-12-4-3-11(15)9-16-12/h2-5,8-9H,6-7,15H2,1H3,(H,17,19). The summed E-state index contributed by atoms with van der Waals surface area (Å²) in [7, 11) is 1.56. The summed E-state index contributed by atoms with van der Waals surface area (Å²) in [5.74, 6) is 0.448. The maximum absolute atomic E-state index is 11.8. The molecule has 0 saturated heterocycles. The van der Waals surface area contributed by atoms with Gasteiger partial charge in [0.2, 0.25) is 11.8 Å². The zero-order chi connectivity index (χ0) is 14.4. The maximum Gasteiger partial charge on any atom is 0.226 e. The molecule has 104 valence electrons. The molecule has 0 saturated carbocycles. The van der Waals surface area contributed by atoms with Crippen molar-refractivity contribution >= 4 is 11.6 Å². The summed E-state index contributed by atoms with van der Waals surface area (Å²) in [6, 6.07) is 7.07. The first-order valence-corrected chi connectivity index (χ1v) is 6.13. The van der Waals surface area contributed by atoms with E-state index in [1.807, 2.05) is 6.07 Å². The Morgan fingerprint density at radius 1 is 1.25 bits per heavy atom. The number of nitrogens with two attached hydrogens (primary N) is 1. The molecule has 2 rings (SSSR count). The van der Waals surface area contributed by atoms with Gasteiger partial charge in [0.05, 0.1) is 25.4 Å². The molecule has 1 amide bonds. The quantitative estimate of drug-likeness (QED) is 0.845. The Morgan fingerprint density at radius 3 is 2.70 bits per heavy atom. The van der Waals surface area contributed by atoms with Crippen molar-refractivity contribution in [3.63, 3.8) is 0 Å². The van der Waals surface area contributed by atoms with Crippen LogP contribution in [0.2, 0.25) is 0 Å². The first-order chi connectivity index (χ1) is 9.67. The van der Waals surface area contributed by atoms with Crippen LogP contribution >= 0.6 is 0 Å². The van der Waals surface area contributed by atoms with Crippen molar-refractivity contribution in [1.29, 1.82) is 0 Å². The number of rotatable bonds is 5. The molecule has 0 bridgehead atoms. The molecule has 0 aromatic carbocycles. The van der Waals surface area contributed by atoms with E-state index in [0.717, 1.165) is 5.56 Å². The van der Waals surface area contributed by atoms with Gasteiger partial charge in [-0.2, -0.15) is 0 Å². The normalized spacial score (nSPS) is 10.1. The second kappa shape index (κ2) is 6.51. The SMILES string of the molecule is COc1ccc(CNC(=O)Cc2ccc(N)cn2)cn1. The number of amides is 1. The minimum atomic E-state index is -0.0990. The third-order valence-corrected chi connectivity index (χ3v) is 2.69. The van der Waals surface area contributed by atoms with Crippen LogP contribution in [0.15, 0.2) is 36.7 Å². The molecular formula is C14H16N4O2. The average Bonchev–Trinajstić information content (AvgIpc) is 2.48. The summed E-state index contributed by atoms with van der Waals surface area (Å²) < 4.78 is 4.97. The van der Waals surface area contributed by atoms with E-state index in [1.165, 1.54) is 6.20 Å². The minimum Gasteiger partial charge on any atom is -0.481 e. The smallest absolute Gasteiger partial charge is 0.226 e. The number of carbonyl (C=O) groups is 1. The van der Waals surface area contributed by atoms with Crippen LogP contribution in [0.25, 0.3) is 0 Å².